The zero-order valence-corrected chi connectivity index (χ0v) is 16.0. The average Bonchev–Trinajstić information content (AvgIpc) is 3.20. The highest BCUT2D eigenvalue weighted by atomic mass is 16.5. The lowest BCUT2D eigenvalue weighted by atomic mass is 10.1. The van der Waals surface area contributed by atoms with Crippen molar-refractivity contribution in [1.82, 2.24) is 5.16 Å². The zero-order valence-electron chi connectivity index (χ0n) is 16.0. The molecule has 0 aliphatic heterocycles. The topological polar surface area (TPSA) is 82.8 Å². The van der Waals surface area contributed by atoms with E-state index in [4.69, 9.17) is 18.7 Å². The predicted octanol–water partition coefficient (Wildman–Crippen LogP) is 3.94. The molecule has 7 heteroatoms. The summed E-state index contributed by atoms with van der Waals surface area (Å²) in [7, 11) is 4.76. The van der Waals surface area contributed by atoms with Crippen LogP contribution in [0.4, 0.5) is 5.88 Å². The molecule has 1 aromatic heterocycles. The minimum atomic E-state index is -0.158. The van der Waals surface area contributed by atoms with Crippen LogP contribution in [-0.2, 0) is 11.2 Å². The van der Waals surface area contributed by atoms with Crippen LogP contribution in [0.15, 0.2) is 53.2 Å². The Morgan fingerprint density at radius 3 is 2.43 bits per heavy atom. The third-order valence-electron chi connectivity index (χ3n) is 4.32. The smallest absolute Gasteiger partial charge is 0.239 e. The van der Waals surface area contributed by atoms with Gasteiger partial charge in [-0.15, -0.1) is 0 Å². The van der Waals surface area contributed by atoms with Crippen molar-refractivity contribution >= 4 is 11.8 Å². The molecule has 0 radical (unpaired) electrons. The minimum absolute atomic E-state index is 0.158. The van der Waals surface area contributed by atoms with Crippen molar-refractivity contribution in [1.29, 1.82) is 0 Å². The van der Waals surface area contributed by atoms with E-state index in [1.165, 1.54) is 0 Å². The van der Waals surface area contributed by atoms with Crippen molar-refractivity contribution in [3.05, 3.63) is 54.2 Å². The van der Waals surface area contributed by atoms with Crippen LogP contribution in [0.2, 0.25) is 0 Å². The van der Waals surface area contributed by atoms with E-state index in [-0.39, 0.29) is 5.91 Å². The maximum atomic E-state index is 12.3. The SMILES string of the molecule is COc1ccc(CCC(=O)Nc2oncc2-c2ccc(OC)c(OC)c2)cc1. The van der Waals surface area contributed by atoms with E-state index in [0.29, 0.717) is 35.8 Å². The van der Waals surface area contributed by atoms with E-state index >= 15 is 0 Å². The van der Waals surface area contributed by atoms with Gasteiger partial charge in [0.05, 0.1) is 33.1 Å². The fourth-order valence-electron chi connectivity index (χ4n) is 2.78. The number of benzene rings is 2. The Kier molecular flexibility index (Phi) is 6.16. The summed E-state index contributed by atoms with van der Waals surface area (Å²) in [4.78, 5) is 12.3. The van der Waals surface area contributed by atoms with Gasteiger partial charge in [-0.2, -0.15) is 0 Å². The Morgan fingerprint density at radius 2 is 1.75 bits per heavy atom. The number of carbonyl (C=O) groups is 1. The van der Waals surface area contributed by atoms with Crippen LogP contribution in [0.1, 0.15) is 12.0 Å². The summed E-state index contributed by atoms with van der Waals surface area (Å²) in [6, 6.07) is 13.1. The number of hydrogen-bond acceptors (Lipinski definition) is 6. The van der Waals surface area contributed by atoms with E-state index in [0.717, 1.165) is 16.9 Å². The Morgan fingerprint density at radius 1 is 1.00 bits per heavy atom. The summed E-state index contributed by atoms with van der Waals surface area (Å²) >= 11 is 0. The number of ether oxygens (including phenoxy) is 3. The number of rotatable bonds is 8. The molecular formula is C21H22N2O5. The number of carbonyl (C=O) groups excluding carboxylic acids is 1. The fourth-order valence-corrected chi connectivity index (χ4v) is 2.78. The molecule has 3 aromatic rings. The van der Waals surface area contributed by atoms with Gasteiger partial charge in [0, 0.05) is 6.42 Å². The molecule has 0 unspecified atom stereocenters. The number of aryl methyl sites for hydroxylation is 1. The summed E-state index contributed by atoms with van der Waals surface area (Å²) < 4.78 is 20.9. The number of methoxy groups -OCH3 is 3. The van der Waals surface area contributed by atoms with E-state index in [2.05, 4.69) is 10.5 Å². The number of nitrogens with one attached hydrogen (secondary N) is 1. The van der Waals surface area contributed by atoms with Gasteiger partial charge in [0.2, 0.25) is 11.8 Å². The van der Waals surface area contributed by atoms with Crippen LogP contribution < -0.4 is 19.5 Å². The maximum Gasteiger partial charge on any atom is 0.239 e. The molecule has 0 spiro atoms. The molecule has 0 aliphatic carbocycles. The van der Waals surface area contributed by atoms with Gasteiger partial charge >= 0.3 is 0 Å². The molecule has 7 nitrogen and oxygen atoms in total. The molecule has 1 amide bonds. The Balaban J connectivity index is 1.67. The molecule has 0 atom stereocenters. The van der Waals surface area contributed by atoms with Crippen LogP contribution in [0.25, 0.3) is 11.1 Å². The van der Waals surface area contributed by atoms with Gasteiger partial charge in [0.15, 0.2) is 11.5 Å². The second-order valence-electron chi connectivity index (χ2n) is 6.03. The Hall–Kier alpha value is -3.48. The van der Waals surface area contributed by atoms with Crippen molar-refractivity contribution in [2.24, 2.45) is 0 Å². The van der Waals surface area contributed by atoms with Crippen molar-refractivity contribution in [2.75, 3.05) is 26.6 Å². The molecule has 0 fully saturated rings. The lowest BCUT2D eigenvalue weighted by molar-refractivity contribution is -0.116. The van der Waals surface area contributed by atoms with Gasteiger partial charge in [-0.05, 0) is 41.8 Å². The zero-order chi connectivity index (χ0) is 19.9. The van der Waals surface area contributed by atoms with E-state index < -0.39 is 0 Å². The maximum absolute atomic E-state index is 12.3. The average molecular weight is 382 g/mol. The Labute approximate surface area is 163 Å². The van der Waals surface area contributed by atoms with Crippen LogP contribution >= 0.6 is 0 Å². The van der Waals surface area contributed by atoms with E-state index in [1.807, 2.05) is 30.3 Å². The van der Waals surface area contributed by atoms with E-state index in [9.17, 15) is 4.79 Å². The van der Waals surface area contributed by atoms with E-state index in [1.54, 1.807) is 39.7 Å². The number of amides is 1. The number of aromatic nitrogens is 1. The molecule has 0 bridgehead atoms. The highest BCUT2D eigenvalue weighted by Gasteiger charge is 2.15. The second kappa shape index (κ2) is 8.94. The minimum Gasteiger partial charge on any atom is -0.497 e. The summed E-state index contributed by atoms with van der Waals surface area (Å²) in [6.07, 6.45) is 2.48. The van der Waals surface area contributed by atoms with Gasteiger partial charge in [-0.25, -0.2) is 0 Å². The molecule has 0 saturated heterocycles. The first kappa shape index (κ1) is 19.3. The largest absolute Gasteiger partial charge is 0.497 e. The molecule has 3 rings (SSSR count). The molecule has 2 aromatic carbocycles. The summed E-state index contributed by atoms with van der Waals surface area (Å²) in [5, 5.41) is 6.59. The molecule has 1 N–H and O–H groups in total. The summed E-state index contributed by atoms with van der Waals surface area (Å²) in [5.74, 6) is 2.13. The first-order chi connectivity index (χ1) is 13.6. The van der Waals surface area contributed by atoms with Gasteiger partial charge in [-0.3, -0.25) is 10.1 Å². The van der Waals surface area contributed by atoms with Crippen LogP contribution in [-0.4, -0.2) is 32.4 Å². The molecule has 146 valence electrons. The summed E-state index contributed by atoms with van der Waals surface area (Å²) in [6.45, 7) is 0. The summed E-state index contributed by atoms with van der Waals surface area (Å²) in [5.41, 5.74) is 2.51. The van der Waals surface area contributed by atoms with Gasteiger partial charge < -0.3 is 18.7 Å². The third kappa shape index (κ3) is 4.43. The highest BCUT2D eigenvalue weighted by molar-refractivity contribution is 5.93. The molecular weight excluding hydrogens is 360 g/mol. The van der Waals surface area contributed by atoms with Crippen molar-refractivity contribution in [3.8, 4) is 28.4 Å². The fraction of sp³-hybridized carbons (Fsp3) is 0.238. The van der Waals surface area contributed by atoms with Gasteiger partial charge in [0.25, 0.3) is 0 Å². The highest BCUT2D eigenvalue weighted by Crippen LogP contribution is 2.35. The first-order valence-corrected chi connectivity index (χ1v) is 8.74. The van der Waals surface area contributed by atoms with Gasteiger partial charge in [0.1, 0.15) is 5.75 Å². The number of hydrogen-bond donors (Lipinski definition) is 1. The molecule has 0 aliphatic rings. The van der Waals surface area contributed by atoms with Crippen molar-refractivity contribution in [2.45, 2.75) is 12.8 Å². The Bertz CT molecular complexity index is 934. The lowest BCUT2D eigenvalue weighted by Gasteiger charge is -2.09. The van der Waals surface area contributed by atoms with Crippen LogP contribution in [0, 0.1) is 0 Å². The van der Waals surface area contributed by atoms with Crippen LogP contribution in [0.3, 0.4) is 0 Å². The number of anilines is 1. The van der Waals surface area contributed by atoms with Crippen molar-refractivity contribution in [3.63, 3.8) is 0 Å². The monoisotopic (exact) mass is 382 g/mol. The second-order valence-corrected chi connectivity index (χ2v) is 6.03. The first-order valence-electron chi connectivity index (χ1n) is 8.74. The van der Waals surface area contributed by atoms with Crippen LogP contribution in [0.5, 0.6) is 17.2 Å². The molecule has 1 heterocycles. The normalized spacial score (nSPS) is 10.4. The number of nitrogens with zero attached hydrogens (tertiary/aromatic N) is 1. The van der Waals surface area contributed by atoms with Gasteiger partial charge in [-0.1, -0.05) is 23.4 Å². The standard InChI is InChI=1S/C21H22N2O5/c1-25-16-8-4-14(5-9-16)6-11-20(24)23-21-17(13-22-28-21)15-7-10-18(26-2)19(12-15)27-3/h4-5,7-10,12-13H,6,11H2,1-3H3,(H,23,24). The lowest BCUT2D eigenvalue weighted by Crippen LogP contribution is -2.12. The molecule has 0 saturated carbocycles. The van der Waals surface area contributed by atoms with Crippen molar-refractivity contribution < 1.29 is 23.5 Å². The quantitative estimate of drug-likeness (QED) is 0.635. The third-order valence-corrected chi connectivity index (χ3v) is 4.32. The molecule has 28 heavy (non-hydrogen) atoms. The predicted molar refractivity (Wildman–Crippen MR) is 105 cm³/mol.